The average molecular weight is 526 g/mol. The van der Waals surface area contributed by atoms with Crippen LogP contribution in [0.3, 0.4) is 0 Å². The van der Waals surface area contributed by atoms with Gasteiger partial charge in [0.2, 0.25) is 11.8 Å². The molecule has 1 saturated heterocycles. The zero-order valence-corrected chi connectivity index (χ0v) is 19.9. The Hall–Kier alpha value is -3.33. The summed E-state index contributed by atoms with van der Waals surface area (Å²) in [7, 11) is 1.10. The first-order valence-electron chi connectivity index (χ1n) is 10.8. The molecule has 3 aliphatic carbocycles. The van der Waals surface area contributed by atoms with E-state index < -0.39 is 41.6 Å². The molecule has 8 nitrogen and oxygen atoms in total. The van der Waals surface area contributed by atoms with Crippen LogP contribution < -0.4 is 0 Å². The molecule has 0 unspecified atom stereocenters. The molecule has 1 aromatic carbocycles. The van der Waals surface area contributed by atoms with E-state index in [-0.39, 0.29) is 35.7 Å². The number of imide groups is 3. The van der Waals surface area contributed by atoms with Gasteiger partial charge in [-0.1, -0.05) is 27.6 Å². The lowest BCUT2D eigenvalue weighted by Crippen LogP contribution is -2.40. The quantitative estimate of drug-likeness (QED) is 0.339. The number of Topliss-reactive ketones (excluding diaryl/α,β-unsaturated/α-hetero) is 1. The largest absolute Gasteiger partial charge is 0.508 e. The van der Waals surface area contributed by atoms with Crippen molar-refractivity contribution < 1.29 is 33.8 Å². The van der Waals surface area contributed by atoms with Crippen LogP contribution in [0.1, 0.15) is 31.2 Å². The van der Waals surface area contributed by atoms with Crippen LogP contribution >= 0.6 is 15.9 Å². The third-order valence-electron chi connectivity index (χ3n) is 7.22. The fraction of sp³-hybridized carbons (Fsp3) is 0.320. The number of phenolic OH excluding ortho intramolecular Hbond substituents is 1. The number of allylic oxidation sites excluding steroid dienone is 6. The van der Waals surface area contributed by atoms with Crippen LogP contribution in [0.2, 0.25) is 0 Å². The van der Waals surface area contributed by atoms with Gasteiger partial charge in [-0.25, -0.2) is 4.79 Å². The summed E-state index contributed by atoms with van der Waals surface area (Å²) in [6.07, 6.45) is 2.36. The summed E-state index contributed by atoms with van der Waals surface area (Å²) < 4.78 is 5.31. The Labute approximate surface area is 203 Å². The molecule has 1 aromatic rings. The maximum absolute atomic E-state index is 13.3. The van der Waals surface area contributed by atoms with Crippen LogP contribution in [-0.2, 0) is 23.9 Å². The first kappa shape index (κ1) is 22.5. The molecule has 0 spiro atoms. The molecule has 174 valence electrons. The number of halogens is 1. The summed E-state index contributed by atoms with van der Waals surface area (Å²) in [4.78, 5) is 65.2. The highest BCUT2D eigenvalue weighted by atomic mass is 79.9. The Morgan fingerprint density at radius 1 is 1.15 bits per heavy atom. The Kier molecular flexibility index (Phi) is 5.20. The lowest BCUT2D eigenvalue weighted by molar-refractivity contribution is -0.137. The molecular formula is C25H20BrNO7. The van der Waals surface area contributed by atoms with Crippen molar-refractivity contribution in [2.75, 3.05) is 7.11 Å². The van der Waals surface area contributed by atoms with Crippen molar-refractivity contribution in [1.82, 2.24) is 4.90 Å². The first-order valence-corrected chi connectivity index (χ1v) is 11.6. The number of rotatable bonds is 1. The van der Waals surface area contributed by atoms with Crippen LogP contribution in [0.25, 0.3) is 0 Å². The molecule has 0 bridgehead atoms. The zero-order valence-electron chi connectivity index (χ0n) is 18.3. The third-order valence-corrected chi connectivity index (χ3v) is 7.72. The number of benzene rings is 1. The van der Waals surface area contributed by atoms with Crippen LogP contribution in [0.5, 0.6) is 5.75 Å². The minimum atomic E-state index is -1.04. The number of phenols is 1. The van der Waals surface area contributed by atoms with E-state index in [1.807, 2.05) is 6.08 Å². The van der Waals surface area contributed by atoms with Crippen molar-refractivity contribution >= 4 is 45.4 Å². The van der Waals surface area contributed by atoms with Gasteiger partial charge in [-0.3, -0.25) is 19.2 Å². The Morgan fingerprint density at radius 3 is 2.59 bits per heavy atom. The standard InChI is InChI=1S/C25H20BrNO7/c1-10-7-18(29)16-9-14-12(4-5-13-20(14)24(32)27(23(13)31)25(33)34-2)19(21(16)22(10)30)15-8-11(26)3-6-17(15)28/h3-4,6-8,13-14,19-20,28H,5,9H2,1-2H3/t13-,14+,19+,20-/m0/s1. The number of ether oxygens (including phenoxy) is 1. The molecule has 5 rings (SSSR count). The van der Waals surface area contributed by atoms with Crippen molar-refractivity contribution in [3.8, 4) is 5.75 Å². The molecule has 1 fully saturated rings. The second kappa shape index (κ2) is 7.87. The SMILES string of the molecule is COC(=O)N1C(=O)[C@H]2[C@H](CC=C3[C@H](c4cc(Br)ccc4O)C4=C(C[C@H]32)C(=O)C=C(C)C4=O)C1=O. The lowest BCUT2D eigenvalue weighted by atomic mass is 9.59. The van der Waals surface area contributed by atoms with Gasteiger partial charge < -0.3 is 9.84 Å². The van der Waals surface area contributed by atoms with Crippen molar-refractivity contribution in [3.63, 3.8) is 0 Å². The number of fused-ring (bicyclic) bond motifs is 3. The monoisotopic (exact) mass is 525 g/mol. The van der Waals surface area contributed by atoms with Gasteiger partial charge in [0.15, 0.2) is 11.6 Å². The van der Waals surface area contributed by atoms with Gasteiger partial charge >= 0.3 is 6.09 Å². The van der Waals surface area contributed by atoms with E-state index in [0.29, 0.717) is 31.7 Å². The smallest absolute Gasteiger partial charge is 0.423 e. The van der Waals surface area contributed by atoms with Crippen LogP contribution in [0.15, 0.2) is 57.1 Å². The number of hydrogen-bond acceptors (Lipinski definition) is 7. The number of carbonyl (C=O) groups excluding carboxylic acids is 5. The number of nitrogens with zero attached hydrogens (tertiary/aromatic N) is 1. The minimum Gasteiger partial charge on any atom is -0.508 e. The average Bonchev–Trinajstić information content (AvgIpc) is 3.07. The Morgan fingerprint density at radius 2 is 1.88 bits per heavy atom. The van der Waals surface area contributed by atoms with Crippen molar-refractivity contribution in [2.45, 2.75) is 25.7 Å². The lowest BCUT2D eigenvalue weighted by Gasteiger charge is -2.42. The highest BCUT2D eigenvalue weighted by molar-refractivity contribution is 9.10. The number of amides is 3. The summed E-state index contributed by atoms with van der Waals surface area (Å²) in [5.41, 5.74) is 1.99. The van der Waals surface area contributed by atoms with Gasteiger partial charge in [0.25, 0.3) is 0 Å². The first-order chi connectivity index (χ1) is 16.1. The van der Waals surface area contributed by atoms with E-state index in [1.54, 1.807) is 19.1 Å². The van der Waals surface area contributed by atoms with Gasteiger partial charge in [0.1, 0.15) is 5.75 Å². The summed E-state index contributed by atoms with van der Waals surface area (Å²) in [5, 5.41) is 10.7. The van der Waals surface area contributed by atoms with Gasteiger partial charge in [-0.2, -0.15) is 4.90 Å². The zero-order chi connectivity index (χ0) is 24.5. The maximum Gasteiger partial charge on any atom is 0.423 e. The van der Waals surface area contributed by atoms with Gasteiger partial charge in [-0.05, 0) is 50.0 Å². The number of hydrogen-bond donors (Lipinski definition) is 1. The molecule has 3 amide bonds. The van der Waals surface area contributed by atoms with Crippen LogP contribution in [-0.4, -0.2) is 46.6 Å². The Balaban J connectivity index is 1.70. The topological polar surface area (TPSA) is 118 Å². The van der Waals surface area contributed by atoms with Crippen molar-refractivity contribution in [2.24, 2.45) is 17.8 Å². The molecule has 34 heavy (non-hydrogen) atoms. The molecule has 4 atom stereocenters. The second-order valence-corrected chi connectivity index (χ2v) is 9.83. The fourth-order valence-electron chi connectivity index (χ4n) is 5.74. The number of methoxy groups -OCH3 is 1. The minimum absolute atomic E-state index is 0.0545. The van der Waals surface area contributed by atoms with E-state index >= 15 is 0 Å². The molecule has 4 aliphatic rings. The summed E-state index contributed by atoms with van der Waals surface area (Å²) in [6, 6.07) is 4.84. The van der Waals surface area contributed by atoms with E-state index in [1.165, 1.54) is 12.1 Å². The Bertz CT molecular complexity index is 1300. The van der Waals surface area contributed by atoms with E-state index in [0.717, 1.165) is 7.11 Å². The highest BCUT2D eigenvalue weighted by Crippen LogP contribution is 2.56. The molecule has 0 saturated carbocycles. The predicted octanol–water partition coefficient (Wildman–Crippen LogP) is 3.35. The molecule has 0 aromatic heterocycles. The molecule has 0 radical (unpaired) electrons. The van der Waals surface area contributed by atoms with Crippen LogP contribution in [0.4, 0.5) is 4.79 Å². The van der Waals surface area contributed by atoms with Crippen molar-refractivity contribution in [1.29, 1.82) is 0 Å². The number of ketones is 2. The highest BCUT2D eigenvalue weighted by Gasteiger charge is 2.58. The van der Waals surface area contributed by atoms with E-state index in [2.05, 4.69) is 20.7 Å². The van der Waals surface area contributed by atoms with Gasteiger partial charge in [0.05, 0.1) is 18.9 Å². The maximum atomic E-state index is 13.3. The number of aromatic hydroxyl groups is 1. The third kappa shape index (κ3) is 3.06. The van der Waals surface area contributed by atoms with Gasteiger partial charge in [-0.15, -0.1) is 0 Å². The molecule has 1 aliphatic heterocycles. The molecule has 1 N–H and O–H groups in total. The number of likely N-dealkylation sites (tertiary alicyclic amines) is 1. The number of carbonyl (C=O) groups is 5. The summed E-state index contributed by atoms with van der Waals surface area (Å²) >= 11 is 3.41. The molecular weight excluding hydrogens is 506 g/mol. The molecule has 1 heterocycles. The fourth-order valence-corrected chi connectivity index (χ4v) is 6.12. The van der Waals surface area contributed by atoms with Gasteiger partial charge in [0, 0.05) is 32.7 Å². The second-order valence-electron chi connectivity index (χ2n) is 8.91. The molecule has 9 heteroatoms. The van der Waals surface area contributed by atoms with E-state index in [9.17, 15) is 29.1 Å². The van der Waals surface area contributed by atoms with Crippen molar-refractivity contribution in [3.05, 3.63) is 62.7 Å². The van der Waals surface area contributed by atoms with Crippen LogP contribution in [0, 0.1) is 17.8 Å². The normalized spacial score (nSPS) is 28.3. The predicted molar refractivity (Wildman–Crippen MR) is 121 cm³/mol. The van der Waals surface area contributed by atoms with E-state index in [4.69, 9.17) is 0 Å². The summed E-state index contributed by atoms with van der Waals surface area (Å²) in [5.74, 6) is -4.93. The summed E-state index contributed by atoms with van der Waals surface area (Å²) in [6.45, 7) is 1.58.